The fourth-order valence-corrected chi connectivity index (χ4v) is 3.43. The van der Waals surface area contributed by atoms with Gasteiger partial charge in [0.2, 0.25) is 11.8 Å². The number of pyridine rings is 1. The van der Waals surface area contributed by atoms with Crippen molar-refractivity contribution in [2.45, 2.75) is 24.9 Å². The molecule has 0 amide bonds. The van der Waals surface area contributed by atoms with Crippen LogP contribution in [-0.2, 0) is 11.3 Å². The second-order valence-electron chi connectivity index (χ2n) is 5.85. The van der Waals surface area contributed by atoms with Gasteiger partial charge in [-0.1, -0.05) is 30.3 Å². The van der Waals surface area contributed by atoms with Gasteiger partial charge in [0.05, 0.1) is 19.2 Å². The van der Waals surface area contributed by atoms with Crippen LogP contribution < -0.4 is 10.5 Å². The number of rotatable bonds is 3. The first kappa shape index (κ1) is 14.1. The molecule has 2 atom stereocenters. The quantitative estimate of drug-likeness (QED) is 0.944. The van der Waals surface area contributed by atoms with E-state index in [9.17, 15) is 0 Å². The number of nitrogens with two attached hydrogens (primary N) is 1. The monoisotopic (exact) mass is 309 g/mol. The molecule has 1 aliphatic carbocycles. The zero-order chi connectivity index (χ0) is 15.8. The van der Waals surface area contributed by atoms with Gasteiger partial charge in [0.1, 0.15) is 0 Å². The fourth-order valence-electron chi connectivity index (χ4n) is 3.43. The number of nitrogens with zero attached hydrogens (tertiary/aromatic N) is 2. The van der Waals surface area contributed by atoms with Gasteiger partial charge in [-0.2, -0.15) is 0 Å². The van der Waals surface area contributed by atoms with Crippen molar-refractivity contribution >= 4 is 0 Å². The predicted molar refractivity (Wildman–Crippen MR) is 86.2 cm³/mol. The topological polar surface area (TPSA) is 60.6 Å². The molecule has 23 heavy (non-hydrogen) atoms. The van der Waals surface area contributed by atoms with E-state index in [1.807, 2.05) is 29.5 Å². The van der Waals surface area contributed by atoms with Gasteiger partial charge in [-0.05, 0) is 29.5 Å². The Labute approximate surface area is 135 Å². The number of fused-ring (bicyclic) bond motifs is 1. The van der Waals surface area contributed by atoms with Crippen molar-refractivity contribution in [3.8, 4) is 5.88 Å². The Balaban J connectivity index is 1.66. The molecule has 5 nitrogen and oxygen atoms in total. The highest BCUT2D eigenvalue weighted by Crippen LogP contribution is 2.43. The average Bonchev–Trinajstić information content (AvgIpc) is 3.18. The molecular weight excluding hydrogens is 290 g/mol. The van der Waals surface area contributed by atoms with Crippen LogP contribution in [0.5, 0.6) is 5.88 Å². The first-order valence-corrected chi connectivity index (χ1v) is 7.77. The van der Waals surface area contributed by atoms with Gasteiger partial charge in [-0.3, -0.25) is 0 Å². The highest BCUT2D eigenvalue weighted by molar-refractivity contribution is 5.35. The second kappa shape index (κ2) is 5.59. The normalized spacial score (nSPS) is 23.3. The summed E-state index contributed by atoms with van der Waals surface area (Å²) in [6.45, 7) is 0. The molecule has 2 unspecified atom stereocenters. The third kappa shape index (κ3) is 2.43. The van der Waals surface area contributed by atoms with Crippen LogP contribution in [-0.4, -0.2) is 17.2 Å². The van der Waals surface area contributed by atoms with Crippen LogP contribution in [0.3, 0.4) is 0 Å². The second-order valence-corrected chi connectivity index (χ2v) is 5.85. The van der Waals surface area contributed by atoms with Crippen molar-refractivity contribution in [2.75, 3.05) is 7.11 Å². The summed E-state index contributed by atoms with van der Waals surface area (Å²) in [4.78, 5) is 10.1. The van der Waals surface area contributed by atoms with E-state index < -0.39 is 0 Å². The Morgan fingerprint density at radius 3 is 2.91 bits per heavy atom. The summed E-state index contributed by atoms with van der Waals surface area (Å²) in [5.74, 6) is 1.04. The van der Waals surface area contributed by atoms with Gasteiger partial charge in [-0.25, -0.2) is 4.98 Å². The predicted octanol–water partition coefficient (Wildman–Crippen LogP) is 2.87. The summed E-state index contributed by atoms with van der Waals surface area (Å²) in [6, 6.07) is 12.6. The van der Waals surface area contributed by atoms with E-state index in [-0.39, 0.29) is 12.1 Å². The van der Waals surface area contributed by atoms with E-state index in [1.165, 1.54) is 11.1 Å². The summed E-state index contributed by atoms with van der Waals surface area (Å²) in [6.07, 6.45) is 5.84. The van der Waals surface area contributed by atoms with Gasteiger partial charge in [0.15, 0.2) is 0 Å². The lowest BCUT2D eigenvalue weighted by Crippen LogP contribution is -2.27. The van der Waals surface area contributed by atoms with Crippen molar-refractivity contribution in [1.29, 1.82) is 0 Å². The molecular formula is C18H19N3O2. The minimum atomic E-state index is -0.0374. The van der Waals surface area contributed by atoms with E-state index in [0.717, 1.165) is 18.4 Å². The molecule has 2 heterocycles. The number of hydrogen-bond acceptors (Lipinski definition) is 5. The smallest absolute Gasteiger partial charge is 0.212 e. The van der Waals surface area contributed by atoms with Crippen LogP contribution in [0.2, 0.25) is 0 Å². The molecule has 118 valence electrons. The molecule has 4 rings (SSSR count). The van der Waals surface area contributed by atoms with Gasteiger partial charge >= 0.3 is 0 Å². The molecule has 2 aromatic rings. The number of hydrogen-bond donors (Lipinski definition) is 1. The lowest BCUT2D eigenvalue weighted by Gasteiger charge is -2.29. The molecule has 0 saturated heterocycles. The molecule has 0 bridgehead atoms. The maximum atomic E-state index is 5.95. The summed E-state index contributed by atoms with van der Waals surface area (Å²) in [5, 5.41) is 1.99. The van der Waals surface area contributed by atoms with E-state index in [2.05, 4.69) is 29.2 Å². The number of hydroxylamine groups is 2. The number of aryl methyl sites for hydroxylation is 1. The van der Waals surface area contributed by atoms with E-state index in [4.69, 9.17) is 15.3 Å². The zero-order valence-corrected chi connectivity index (χ0v) is 13.0. The number of ether oxygens (including phenoxy) is 1. The standard InChI is InChI=1S/C18H19N3O2/c1-22-18-9-7-13(11-20-18)16-10-17(19)23-21(16)15-8-6-12-4-2-3-5-14(12)15/h2-5,7,9-11,15-16H,6,8,19H2,1H3. The van der Waals surface area contributed by atoms with Crippen molar-refractivity contribution in [3.63, 3.8) is 0 Å². The Morgan fingerprint density at radius 1 is 1.26 bits per heavy atom. The zero-order valence-electron chi connectivity index (χ0n) is 13.0. The Bertz CT molecular complexity index is 742. The lowest BCUT2D eigenvalue weighted by molar-refractivity contribution is -0.153. The molecule has 1 aromatic carbocycles. The molecule has 0 spiro atoms. The minimum absolute atomic E-state index is 0.0374. The Kier molecular flexibility index (Phi) is 3.42. The van der Waals surface area contributed by atoms with Crippen LogP contribution in [0, 0.1) is 0 Å². The van der Waals surface area contributed by atoms with Gasteiger partial charge < -0.3 is 15.3 Å². The number of benzene rings is 1. The van der Waals surface area contributed by atoms with Crippen molar-refractivity contribution in [3.05, 3.63) is 71.2 Å². The van der Waals surface area contributed by atoms with Gasteiger partial charge in [0, 0.05) is 18.3 Å². The largest absolute Gasteiger partial charge is 0.481 e. The summed E-state index contributed by atoms with van der Waals surface area (Å²) in [7, 11) is 1.61. The van der Waals surface area contributed by atoms with Crippen molar-refractivity contribution < 1.29 is 9.57 Å². The van der Waals surface area contributed by atoms with Crippen LogP contribution in [0.25, 0.3) is 0 Å². The fraction of sp³-hybridized carbons (Fsp3) is 0.278. The molecule has 5 heteroatoms. The molecule has 0 saturated carbocycles. The summed E-state index contributed by atoms with van der Waals surface area (Å²) in [5.41, 5.74) is 9.69. The third-order valence-electron chi connectivity index (χ3n) is 4.53. The SMILES string of the molecule is COc1ccc(C2C=C(N)ON2C2CCc3ccccc32)cn1. The molecule has 2 aliphatic rings. The first-order chi connectivity index (χ1) is 11.3. The molecule has 2 N–H and O–H groups in total. The van der Waals surface area contributed by atoms with Gasteiger partial charge in [-0.15, -0.1) is 5.06 Å². The lowest BCUT2D eigenvalue weighted by atomic mass is 10.0. The average molecular weight is 309 g/mol. The van der Waals surface area contributed by atoms with Crippen molar-refractivity contribution in [1.82, 2.24) is 10.0 Å². The molecule has 0 radical (unpaired) electrons. The minimum Gasteiger partial charge on any atom is -0.481 e. The van der Waals surface area contributed by atoms with Crippen LogP contribution >= 0.6 is 0 Å². The maximum Gasteiger partial charge on any atom is 0.212 e. The van der Waals surface area contributed by atoms with E-state index in [0.29, 0.717) is 11.8 Å². The van der Waals surface area contributed by atoms with Gasteiger partial charge in [0.25, 0.3) is 0 Å². The van der Waals surface area contributed by atoms with Crippen LogP contribution in [0.1, 0.15) is 35.2 Å². The Morgan fingerprint density at radius 2 is 2.13 bits per heavy atom. The number of methoxy groups -OCH3 is 1. The summed E-state index contributed by atoms with van der Waals surface area (Å²) >= 11 is 0. The highest BCUT2D eigenvalue weighted by Gasteiger charge is 2.37. The van der Waals surface area contributed by atoms with E-state index in [1.54, 1.807) is 7.11 Å². The maximum absolute atomic E-state index is 5.95. The van der Waals surface area contributed by atoms with Crippen LogP contribution in [0.4, 0.5) is 0 Å². The molecule has 1 aromatic heterocycles. The van der Waals surface area contributed by atoms with E-state index >= 15 is 0 Å². The third-order valence-corrected chi connectivity index (χ3v) is 4.53. The first-order valence-electron chi connectivity index (χ1n) is 7.77. The number of aromatic nitrogens is 1. The highest BCUT2D eigenvalue weighted by atomic mass is 16.7. The van der Waals surface area contributed by atoms with Crippen molar-refractivity contribution in [2.24, 2.45) is 5.73 Å². The molecule has 1 aliphatic heterocycles. The Hall–Kier alpha value is -2.53. The van der Waals surface area contributed by atoms with Crippen LogP contribution in [0.15, 0.2) is 54.6 Å². The summed E-state index contributed by atoms with van der Waals surface area (Å²) < 4.78 is 5.13. The molecule has 0 fully saturated rings.